The number of benzene rings is 1. The van der Waals surface area contributed by atoms with Gasteiger partial charge >= 0.3 is 12.8 Å². The Bertz CT molecular complexity index is 826. The number of carbonyl (C=O) groups excluding carboxylic acids is 2. The Morgan fingerprint density at radius 1 is 1.22 bits per heavy atom. The van der Waals surface area contributed by atoms with Gasteiger partial charge < -0.3 is 14.7 Å². The first kappa shape index (κ1) is 29.8. The summed E-state index contributed by atoms with van der Waals surface area (Å²) in [5.74, 6) is 0.0900. The van der Waals surface area contributed by atoms with Crippen molar-refractivity contribution in [1.29, 1.82) is 0 Å². The fourth-order valence-electron chi connectivity index (χ4n) is 1.65. The van der Waals surface area contributed by atoms with Gasteiger partial charge in [0.05, 0.1) is 18.1 Å². The molecule has 15 heteroatoms. The van der Waals surface area contributed by atoms with E-state index < -0.39 is 17.7 Å². The van der Waals surface area contributed by atoms with Gasteiger partial charge in [0.1, 0.15) is 5.75 Å². The summed E-state index contributed by atoms with van der Waals surface area (Å²) in [7, 11) is 4.59. The maximum absolute atomic E-state index is 11.3. The van der Waals surface area contributed by atoms with Crippen molar-refractivity contribution < 1.29 is 32.9 Å². The molecule has 0 fully saturated rings. The number of carbonyl (C=O) groups is 2. The summed E-state index contributed by atoms with van der Waals surface area (Å²) in [6, 6.07) is 5.62. The van der Waals surface area contributed by atoms with E-state index in [1.807, 2.05) is 0 Å². The number of hydrogen-bond donors (Lipinski definition) is 1. The highest BCUT2D eigenvalue weighted by Crippen LogP contribution is 2.49. The van der Waals surface area contributed by atoms with Gasteiger partial charge in [0, 0.05) is 45.1 Å². The number of oxime groups is 1. The quantitative estimate of drug-likeness (QED) is 0.138. The third-order valence-corrected chi connectivity index (χ3v) is 6.11. The van der Waals surface area contributed by atoms with Crippen LogP contribution < -0.4 is 9.84 Å². The second-order valence-electron chi connectivity index (χ2n) is 5.55. The van der Waals surface area contributed by atoms with Crippen LogP contribution in [-0.4, -0.2) is 67.5 Å². The fraction of sp³-hybridized carbons (Fsp3) is 0.471. The van der Waals surface area contributed by atoms with E-state index in [4.69, 9.17) is 25.4 Å². The van der Waals surface area contributed by atoms with Crippen molar-refractivity contribution in [1.82, 2.24) is 10.2 Å². The zero-order valence-corrected chi connectivity index (χ0v) is 21.1. The molecular formula is C17H27N4O8PS2. The van der Waals surface area contributed by atoms with Crippen molar-refractivity contribution in [2.75, 3.05) is 40.6 Å². The summed E-state index contributed by atoms with van der Waals surface area (Å²) >= 11 is 6.29. The molecule has 0 spiro atoms. The summed E-state index contributed by atoms with van der Waals surface area (Å²) in [6.45, 7) is 1.52. The van der Waals surface area contributed by atoms with E-state index >= 15 is 0 Å². The van der Waals surface area contributed by atoms with Crippen LogP contribution >= 0.6 is 18.5 Å². The van der Waals surface area contributed by atoms with E-state index in [0.29, 0.717) is 19.0 Å². The lowest BCUT2D eigenvalue weighted by Crippen LogP contribution is -2.28. The van der Waals surface area contributed by atoms with Gasteiger partial charge in [-0.25, -0.2) is 4.79 Å². The molecule has 0 bridgehead atoms. The average molecular weight is 511 g/mol. The number of thioether (sulfide) groups is 1. The zero-order chi connectivity index (χ0) is 24.7. The molecule has 0 aliphatic carbocycles. The van der Waals surface area contributed by atoms with Crippen LogP contribution in [0.1, 0.15) is 13.8 Å². The molecule has 0 atom stereocenters. The SMILES string of the molecule is CCOP(=S)(OCC)Oc1ccc([N+](=O)[O-])cc1.CNC(=O)ON=C(SC)C(=O)N(C)C. The number of rotatable bonds is 8. The maximum Gasteiger partial charge on any atom is 0.433 e. The van der Waals surface area contributed by atoms with Crippen LogP contribution in [0.4, 0.5) is 10.5 Å². The number of nitro groups is 1. The topological polar surface area (TPSA) is 142 Å². The summed E-state index contributed by atoms with van der Waals surface area (Å²) in [4.78, 5) is 37.7. The average Bonchev–Trinajstić information content (AvgIpc) is 2.74. The van der Waals surface area contributed by atoms with Gasteiger partial charge in [0.25, 0.3) is 11.6 Å². The minimum absolute atomic E-state index is 0.0107. The molecule has 0 aromatic heterocycles. The van der Waals surface area contributed by atoms with Crippen LogP contribution in [0.25, 0.3) is 0 Å². The third-order valence-electron chi connectivity index (χ3n) is 3.04. The molecular weight excluding hydrogens is 483 g/mol. The number of nitrogens with zero attached hydrogens (tertiary/aromatic N) is 3. The van der Waals surface area contributed by atoms with Gasteiger partial charge in [-0.1, -0.05) is 5.16 Å². The Morgan fingerprint density at radius 2 is 1.75 bits per heavy atom. The third kappa shape index (κ3) is 11.4. The van der Waals surface area contributed by atoms with Crippen molar-refractivity contribution in [3.05, 3.63) is 34.4 Å². The normalized spacial score (nSPS) is 11.0. The lowest BCUT2D eigenvalue weighted by atomic mass is 10.3. The van der Waals surface area contributed by atoms with Gasteiger partial charge in [-0.15, -0.1) is 11.8 Å². The minimum atomic E-state index is -2.82. The molecule has 1 rings (SSSR count). The molecule has 0 heterocycles. The highest BCUT2D eigenvalue weighted by molar-refractivity contribution is 8.15. The van der Waals surface area contributed by atoms with Crippen molar-refractivity contribution in [3.63, 3.8) is 0 Å². The monoisotopic (exact) mass is 510 g/mol. The predicted octanol–water partition coefficient (Wildman–Crippen LogP) is 3.38. The number of nitro benzene ring substituents is 1. The first-order valence-corrected chi connectivity index (χ1v) is 12.9. The molecule has 0 aliphatic rings. The molecule has 0 saturated carbocycles. The molecule has 32 heavy (non-hydrogen) atoms. The van der Waals surface area contributed by atoms with Crippen molar-refractivity contribution in [3.8, 4) is 5.75 Å². The van der Waals surface area contributed by atoms with Crippen LogP contribution in [0.3, 0.4) is 0 Å². The van der Waals surface area contributed by atoms with Crippen molar-refractivity contribution >= 4 is 53.0 Å². The predicted molar refractivity (Wildman–Crippen MR) is 126 cm³/mol. The van der Waals surface area contributed by atoms with E-state index in [1.54, 1.807) is 34.2 Å². The highest BCUT2D eigenvalue weighted by atomic mass is 32.5. The van der Waals surface area contributed by atoms with Crippen LogP contribution in [0, 0.1) is 10.1 Å². The zero-order valence-electron chi connectivity index (χ0n) is 18.6. The molecule has 2 amide bonds. The number of nitrogens with one attached hydrogen (secondary N) is 1. The molecule has 0 radical (unpaired) electrons. The minimum Gasteiger partial charge on any atom is -0.424 e. The van der Waals surface area contributed by atoms with Gasteiger partial charge in [-0.2, -0.15) is 0 Å². The second kappa shape index (κ2) is 15.5. The fourth-order valence-corrected chi connectivity index (χ4v) is 4.20. The lowest BCUT2D eigenvalue weighted by molar-refractivity contribution is -0.384. The standard InChI is InChI=1S/C10H14NO5PS.C7H13N3O3S/c1-3-14-17(18,15-4-2)16-10-7-5-9(6-8-10)11(12)13;1-8-7(12)13-9-5(14-4)6(11)10(2)3/h5-8H,3-4H2,1-2H3;1-4H3,(H,8,12). The second-order valence-corrected chi connectivity index (χ2v) is 9.28. The molecule has 0 saturated heterocycles. The van der Waals surface area contributed by atoms with Gasteiger partial charge in [-0.3, -0.25) is 28.8 Å². The first-order valence-electron chi connectivity index (χ1n) is 9.09. The largest absolute Gasteiger partial charge is 0.433 e. The van der Waals surface area contributed by atoms with Crippen LogP contribution in [-0.2, 0) is 30.5 Å². The highest BCUT2D eigenvalue weighted by Gasteiger charge is 2.21. The smallest absolute Gasteiger partial charge is 0.424 e. The Hall–Kier alpha value is -2.25. The number of non-ortho nitro benzene ring substituents is 1. The van der Waals surface area contributed by atoms with Crippen molar-refractivity contribution in [2.45, 2.75) is 13.8 Å². The van der Waals surface area contributed by atoms with E-state index in [9.17, 15) is 19.7 Å². The summed E-state index contributed by atoms with van der Waals surface area (Å²) in [6.07, 6.45) is 0.969. The molecule has 1 aromatic carbocycles. The van der Waals surface area contributed by atoms with E-state index in [1.165, 1.54) is 36.2 Å². The molecule has 12 nitrogen and oxygen atoms in total. The summed E-state index contributed by atoms with van der Waals surface area (Å²) in [5.41, 5.74) is -0.0107. The van der Waals surface area contributed by atoms with E-state index in [2.05, 4.69) is 15.3 Å². The maximum atomic E-state index is 11.3. The van der Waals surface area contributed by atoms with E-state index in [-0.39, 0.29) is 16.6 Å². The van der Waals surface area contributed by atoms with Crippen LogP contribution in [0.2, 0.25) is 0 Å². The van der Waals surface area contributed by atoms with Gasteiger partial charge in [-0.05, 0) is 32.2 Å². The van der Waals surface area contributed by atoms with Gasteiger partial charge in [0.2, 0.25) is 5.04 Å². The lowest BCUT2D eigenvalue weighted by Gasteiger charge is -2.20. The number of hydrogen-bond acceptors (Lipinski definition) is 11. The Balaban J connectivity index is 0.000000622. The van der Waals surface area contributed by atoms with Crippen molar-refractivity contribution in [2.24, 2.45) is 5.16 Å². The van der Waals surface area contributed by atoms with Crippen LogP contribution in [0.5, 0.6) is 5.75 Å². The molecule has 1 aromatic rings. The Morgan fingerprint density at radius 3 is 2.12 bits per heavy atom. The number of amides is 2. The Labute approximate surface area is 196 Å². The van der Waals surface area contributed by atoms with E-state index in [0.717, 1.165) is 11.8 Å². The molecule has 180 valence electrons. The molecule has 0 unspecified atom stereocenters. The summed E-state index contributed by atoms with van der Waals surface area (Å²) in [5, 5.41) is 16.2. The van der Waals surface area contributed by atoms with Crippen LogP contribution in [0.15, 0.2) is 29.4 Å². The van der Waals surface area contributed by atoms with Gasteiger partial charge in [0.15, 0.2) is 0 Å². The Kier molecular flexibility index (Phi) is 14.4. The molecule has 0 aliphatic heterocycles. The summed E-state index contributed by atoms with van der Waals surface area (Å²) < 4.78 is 16.1. The molecule has 1 N–H and O–H groups in total. The first-order chi connectivity index (χ1) is 15.0.